The van der Waals surface area contributed by atoms with Crippen LogP contribution in [0.2, 0.25) is 0 Å². The molecule has 4 aromatic carbocycles. The van der Waals surface area contributed by atoms with Crippen LogP contribution in [-0.2, 0) is 20.1 Å². The number of rotatable bonds is 4. The van der Waals surface area contributed by atoms with E-state index in [-0.39, 0.29) is 20.1 Å². The zero-order chi connectivity index (χ0) is 25.6. The second kappa shape index (κ2) is 12.6. The molecule has 38 heavy (non-hydrogen) atoms. The molecule has 6 rings (SSSR count). The van der Waals surface area contributed by atoms with Crippen LogP contribution in [0, 0.1) is 19.1 Å². The van der Waals surface area contributed by atoms with Crippen LogP contribution in [0.1, 0.15) is 30.9 Å². The Morgan fingerprint density at radius 3 is 2.03 bits per heavy atom. The number of nitrogens with zero attached hydrogens (tertiary/aromatic N) is 3. The summed E-state index contributed by atoms with van der Waals surface area (Å²) in [5, 5.41) is 0. The van der Waals surface area contributed by atoms with Crippen LogP contribution in [0.3, 0.4) is 0 Å². The number of benzene rings is 4. The van der Waals surface area contributed by atoms with Crippen molar-refractivity contribution in [3.8, 4) is 28.3 Å². The fourth-order valence-corrected chi connectivity index (χ4v) is 4.34. The maximum Gasteiger partial charge on any atom is 0.0774 e. The molecule has 0 aliphatic rings. The minimum atomic E-state index is 0. The molecule has 0 saturated carbocycles. The molecule has 4 heteroatoms. The number of aromatic nitrogens is 3. The Kier molecular flexibility index (Phi) is 9.02. The fraction of sp³-hybridized carbons (Fsp3) is 0.118. The van der Waals surface area contributed by atoms with Crippen LogP contribution in [0.5, 0.6) is 0 Å². The monoisotopic (exact) mass is 672 g/mol. The largest absolute Gasteiger partial charge is 0.333 e. The number of aryl methyl sites for hydroxylation is 1. The van der Waals surface area contributed by atoms with E-state index in [1.165, 1.54) is 16.8 Å². The van der Waals surface area contributed by atoms with Gasteiger partial charge in [-0.05, 0) is 47.9 Å². The average Bonchev–Trinajstić information content (AvgIpc) is 3.34. The van der Waals surface area contributed by atoms with Crippen LogP contribution in [-0.4, -0.2) is 14.5 Å². The molecular formula is C34H29IrN3-2. The molecule has 2 aromatic heterocycles. The SMILES string of the molecule is CC(C)c1ccccc1-n1c(-c2[c-]cccc2)nc2ccccc21.Cc1ccc(-c2[c-]cccc2)nc1.[Ir]. The predicted molar refractivity (Wildman–Crippen MR) is 153 cm³/mol. The van der Waals surface area contributed by atoms with Crippen molar-refractivity contribution < 1.29 is 20.1 Å². The van der Waals surface area contributed by atoms with Crippen molar-refractivity contribution in [1.29, 1.82) is 0 Å². The van der Waals surface area contributed by atoms with Gasteiger partial charge in [0.05, 0.1) is 16.9 Å². The Bertz CT molecular complexity index is 1590. The van der Waals surface area contributed by atoms with Crippen LogP contribution in [0.4, 0.5) is 0 Å². The third-order valence-electron chi connectivity index (χ3n) is 6.21. The maximum atomic E-state index is 4.89. The number of hydrogen-bond donors (Lipinski definition) is 0. The molecule has 0 fully saturated rings. The zero-order valence-corrected chi connectivity index (χ0v) is 24.1. The van der Waals surface area contributed by atoms with E-state index in [9.17, 15) is 0 Å². The van der Waals surface area contributed by atoms with E-state index in [4.69, 9.17) is 4.98 Å². The summed E-state index contributed by atoms with van der Waals surface area (Å²) in [4.78, 5) is 9.21. The van der Waals surface area contributed by atoms with Crippen molar-refractivity contribution in [2.75, 3.05) is 0 Å². The fourth-order valence-electron chi connectivity index (χ4n) is 4.34. The van der Waals surface area contributed by atoms with Crippen molar-refractivity contribution in [3.05, 3.63) is 139 Å². The molecule has 2 heterocycles. The Hall–Kier alpha value is -3.85. The van der Waals surface area contributed by atoms with Crippen LogP contribution >= 0.6 is 0 Å². The van der Waals surface area contributed by atoms with E-state index in [0.717, 1.165) is 33.7 Å². The second-order valence-electron chi connectivity index (χ2n) is 9.25. The normalized spacial score (nSPS) is 10.5. The molecule has 3 nitrogen and oxygen atoms in total. The summed E-state index contributed by atoms with van der Waals surface area (Å²) in [6, 6.07) is 43.3. The van der Waals surface area contributed by atoms with Crippen LogP contribution in [0.15, 0.2) is 115 Å². The van der Waals surface area contributed by atoms with E-state index < -0.39 is 0 Å². The van der Waals surface area contributed by atoms with Crippen molar-refractivity contribution in [2.45, 2.75) is 26.7 Å². The van der Waals surface area contributed by atoms with Crippen molar-refractivity contribution >= 4 is 11.0 Å². The van der Waals surface area contributed by atoms with Gasteiger partial charge in [0, 0.05) is 32.0 Å². The van der Waals surface area contributed by atoms with Crippen molar-refractivity contribution in [3.63, 3.8) is 0 Å². The van der Waals surface area contributed by atoms with E-state index in [2.05, 4.69) is 90.1 Å². The molecule has 0 bridgehead atoms. The summed E-state index contributed by atoms with van der Waals surface area (Å²) in [6.45, 7) is 6.49. The maximum absolute atomic E-state index is 4.89. The van der Waals surface area contributed by atoms with Gasteiger partial charge in [0.1, 0.15) is 0 Å². The average molecular weight is 672 g/mol. The van der Waals surface area contributed by atoms with Gasteiger partial charge >= 0.3 is 0 Å². The van der Waals surface area contributed by atoms with Gasteiger partial charge in [-0.1, -0.05) is 56.3 Å². The van der Waals surface area contributed by atoms with Crippen molar-refractivity contribution in [2.24, 2.45) is 0 Å². The van der Waals surface area contributed by atoms with Crippen LogP contribution < -0.4 is 0 Å². The number of pyridine rings is 1. The summed E-state index contributed by atoms with van der Waals surface area (Å²) in [5.41, 5.74) is 8.84. The van der Waals surface area contributed by atoms with Gasteiger partial charge in [0.25, 0.3) is 0 Å². The van der Waals surface area contributed by atoms with Crippen LogP contribution in [0.25, 0.3) is 39.4 Å². The number of fused-ring (bicyclic) bond motifs is 1. The molecule has 0 saturated heterocycles. The molecule has 0 aliphatic heterocycles. The van der Waals surface area contributed by atoms with E-state index >= 15 is 0 Å². The van der Waals surface area contributed by atoms with Gasteiger partial charge in [-0.25, -0.2) is 0 Å². The first-order valence-electron chi connectivity index (χ1n) is 12.6. The Morgan fingerprint density at radius 2 is 1.37 bits per heavy atom. The first-order chi connectivity index (χ1) is 18.1. The van der Waals surface area contributed by atoms with E-state index in [0.29, 0.717) is 5.92 Å². The predicted octanol–water partition coefficient (Wildman–Crippen LogP) is 8.47. The molecule has 191 valence electrons. The molecule has 0 unspecified atom stereocenters. The molecule has 6 aromatic rings. The first kappa shape index (κ1) is 27.2. The molecular weight excluding hydrogens is 643 g/mol. The summed E-state index contributed by atoms with van der Waals surface area (Å²) in [7, 11) is 0. The summed E-state index contributed by atoms with van der Waals surface area (Å²) >= 11 is 0. The summed E-state index contributed by atoms with van der Waals surface area (Å²) in [5.74, 6) is 1.37. The molecule has 1 radical (unpaired) electrons. The second-order valence-corrected chi connectivity index (χ2v) is 9.25. The minimum Gasteiger partial charge on any atom is -0.333 e. The van der Waals surface area contributed by atoms with Gasteiger partial charge in [-0.3, -0.25) is 4.98 Å². The standard InChI is InChI=1S/C22H19N2.C12H10N.Ir/c1-16(2)18-12-6-8-14-20(18)24-21-15-9-7-13-19(21)23-22(24)17-10-4-3-5-11-17;1-10-7-8-12(13-9-10)11-5-3-2-4-6-11;/h3-10,12-16H,1-2H3;2-5,7-9H,1H3;/q2*-1;. The Labute approximate surface area is 238 Å². The molecule has 0 amide bonds. The van der Waals surface area contributed by atoms with Gasteiger partial charge in [0.2, 0.25) is 0 Å². The van der Waals surface area contributed by atoms with E-state index in [1.54, 1.807) is 0 Å². The first-order valence-corrected chi connectivity index (χ1v) is 12.6. The Balaban J connectivity index is 0.000000204. The summed E-state index contributed by atoms with van der Waals surface area (Å²) < 4.78 is 2.26. The molecule has 0 spiro atoms. The van der Waals surface area contributed by atoms with Crippen molar-refractivity contribution in [1.82, 2.24) is 14.5 Å². The zero-order valence-electron chi connectivity index (χ0n) is 21.7. The smallest absolute Gasteiger partial charge is 0.0774 e. The number of hydrogen-bond acceptors (Lipinski definition) is 2. The van der Waals surface area contributed by atoms with Gasteiger partial charge in [-0.2, -0.15) is 0 Å². The van der Waals surface area contributed by atoms with E-state index in [1.807, 2.05) is 67.7 Å². The van der Waals surface area contributed by atoms with Gasteiger partial charge in [0.15, 0.2) is 0 Å². The minimum absolute atomic E-state index is 0. The van der Waals surface area contributed by atoms with Gasteiger partial charge < -0.3 is 9.55 Å². The molecule has 0 N–H and O–H groups in total. The Morgan fingerprint density at radius 1 is 0.711 bits per heavy atom. The topological polar surface area (TPSA) is 30.7 Å². The quantitative estimate of drug-likeness (QED) is 0.176. The summed E-state index contributed by atoms with van der Waals surface area (Å²) in [6.07, 6.45) is 1.87. The molecule has 0 atom stereocenters. The number of imidazole rings is 1. The third-order valence-corrected chi connectivity index (χ3v) is 6.21. The number of para-hydroxylation sites is 3. The molecule has 0 aliphatic carbocycles. The van der Waals surface area contributed by atoms with Gasteiger partial charge in [-0.15, -0.1) is 71.8 Å². The third kappa shape index (κ3) is 5.99.